The lowest BCUT2D eigenvalue weighted by Gasteiger charge is -2.26. The van der Waals surface area contributed by atoms with E-state index >= 15 is 0 Å². The van der Waals surface area contributed by atoms with Gasteiger partial charge in [0.1, 0.15) is 13.1 Å². The normalized spacial score (nSPS) is 11.0. The molecule has 0 aliphatic rings. The molecule has 0 saturated carbocycles. The van der Waals surface area contributed by atoms with E-state index in [0.717, 1.165) is 0 Å². The summed E-state index contributed by atoms with van der Waals surface area (Å²) in [5.74, 6) is 1.54. The van der Waals surface area contributed by atoms with E-state index in [0.29, 0.717) is 40.1 Å². The summed E-state index contributed by atoms with van der Waals surface area (Å²) >= 11 is 0. The zero-order valence-electron chi connectivity index (χ0n) is 22.1. The smallest absolute Gasteiger partial charge is 0.251 e. The zero-order valence-corrected chi connectivity index (χ0v) is 22.1. The first-order valence-electron chi connectivity index (χ1n) is 11.4. The highest BCUT2D eigenvalue weighted by Gasteiger charge is 2.24. The molecule has 1 N–H and O–H groups in total. The zero-order chi connectivity index (χ0) is 27.2. The number of aromatic nitrogens is 4. The highest BCUT2D eigenvalue weighted by atomic mass is 16.5. The summed E-state index contributed by atoms with van der Waals surface area (Å²) in [7, 11) is 6.09. The summed E-state index contributed by atoms with van der Waals surface area (Å²) in [6, 6.07) is 10.2. The first-order valence-corrected chi connectivity index (χ1v) is 11.4. The number of hydrogen-bond acceptors (Lipinski definition) is 9. The second kappa shape index (κ2) is 11.6. The first kappa shape index (κ1) is 27.2. The van der Waals surface area contributed by atoms with E-state index in [1.54, 1.807) is 43.5 Å². The van der Waals surface area contributed by atoms with Crippen LogP contribution in [-0.2, 0) is 16.1 Å². The van der Waals surface area contributed by atoms with Gasteiger partial charge in [0.2, 0.25) is 11.7 Å². The van der Waals surface area contributed by atoms with Gasteiger partial charge in [-0.2, -0.15) is 4.80 Å². The Balaban J connectivity index is 1.87. The third kappa shape index (κ3) is 6.87. The first-order chi connectivity index (χ1) is 17.6. The fourth-order valence-corrected chi connectivity index (χ4v) is 3.53. The molecule has 1 heterocycles. The minimum atomic E-state index is -0.467. The fraction of sp³-hybridized carbons (Fsp3) is 0.400. The molecule has 0 radical (unpaired) electrons. The molecule has 0 aliphatic heterocycles. The van der Waals surface area contributed by atoms with Crippen LogP contribution < -0.4 is 29.2 Å². The highest BCUT2D eigenvalue weighted by molar-refractivity contribution is 5.99. The second-order valence-corrected chi connectivity index (χ2v) is 9.03. The molecule has 0 fully saturated rings. The van der Waals surface area contributed by atoms with Crippen LogP contribution >= 0.6 is 0 Å². The Bertz CT molecular complexity index is 1250. The van der Waals surface area contributed by atoms with Crippen molar-refractivity contribution >= 4 is 17.5 Å². The average molecular weight is 513 g/mol. The third-order valence-electron chi connectivity index (χ3n) is 5.17. The van der Waals surface area contributed by atoms with Crippen molar-refractivity contribution in [2.75, 3.05) is 39.9 Å². The van der Waals surface area contributed by atoms with Crippen LogP contribution in [0.3, 0.4) is 0 Å². The highest BCUT2D eigenvalue weighted by Crippen LogP contribution is 2.32. The Kier molecular flexibility index (Phi) is 8.53. The maximum atomic E-state index is 13.4. The number of anilines is 1. The molecular weight excluding hydrogens is 480 g/mol. The van der Waals surface area contributed by atoms with Gasteiger partial charge in [-0.1, -0.05) is 0 Å². The van der Waals surface area contributed by atoms with Crippen LogP contribution in [0.1, 0.15) is 20.8 Å². The number of ether oxygens (including phenoxy) is 4. The third-order valence-corrected chi connectivity index (χ3v) is 5.17. The standard InChI is InChI=1S/C25H32N6O6/c1-25(2,3)26-22(32)14-30(17-9-11-19(35-5)21(13-17)37-7)23(33)15-31-28-24(27-29-31)16-8-10-18(34-4)20(12-16)36-6/h8-13H,14-15H2,1-7H3,(H,26,32). The number of hydrogen-bond donors (Lipinski definition) is 1. The number of tetrazole rings is 1. The molecule has 0 spiro atoms. The van der Waals surface area contributed by atoms with Crippen molar-refractivity contribution in [1.29, 1.82) is 0 Å². The Morgan fingerprint density at radius 1 is 0.892 bits per heavy atom. The molecule has 37 heavy (non-hydrogen) atoms. The number of nitrogens with one attached hydrogen (secondary N) is 1. The molecule has 3 rings (SSSR count). The number of rotatable bonds is 10. The molecular formula is C25H32N6O6. The lowest BCUT2D eigenvalue weighted by Crippen LogP contribution is -2.48. The summed E-state index contributed by atoms with van der Waals surface area (Å²) in [6.45, 7) is 5.12. The van der Waals surface area contributed by atoms with E-state index in [-0.39, 0.29) is 19.0 Å². The summed E-state index contributed by atoms with van der Waals surface area (Å²) in [6.07, 6.45) is 0. The van der Waals surface area contributed by atoms with E-state index in [1.165, 1.54) is 31.0 Å². The van der Waals surface area contributed by atoms with Crippen molar-refractivity contribution in [3.05, 3.63) is 36.4 Å². The maximum Gasteiger partial charge on any atom is 0.251 e. The van der Waals surface area contributed by atoms with Crippen LogP contribution in [0.2, 0.25) is 0 Å². The summed E-state index contributed by atoms with van der Waals surface area (Å²) in [4.78, 5) is 28.7. The maximum absolute atomic E-state index is 13.4. The largest absolute Gasteiger partial charge is 0.493 e. The Labute approximate surface area is 215 Å². The molecule has 12 heteroatoms. The van der Waals surface area contributed by atoms with Crippen LogP contribution in [0.4, 0.5) is 5.69 Å². The monoisotopic (exact) mass is 512 g/mol. The van der Waals surface area contributed by atoms with Crippen molar-refractivity contribution in [3.8, 4) is 34.4 Å². The van der Waals surface area contributed by atoms with E-state index in [4.69, 9.17) is 18.9 Å². The van der Waals surface area contributed by atoms with Crippen molar-refractivity contribution in [3.63, 3.8) is 0 Å². The fourth-order valence-electron chi connectivity index (χ4n) is 3.53. The van der Waals surface area contributed by atoms with Gasteiger partial charge >= 0.3 is 0 Å². The molecule has 0 saturated heterocycles. The number of amides is 2. The van der Waals surface area contributed by atoms with Crippen LogP contribution in [0.25, 0.3) is 11.4 Å². The molecule has 0 atom stereocenters. The number of nitrogens with zero attached hydrogens (tertiary/aromatic N) is 5. The number of carbonyl (C=O) groups excluding carboxylic acids is 2. The molecule has 198 valence electrons. The van der Waals surface area contributed by atoms with Gasteiger partial charge in [-0.05, 0) is 56.3 Å². The minimum absolute atomic E-state index is 0.219. The van der Waals surface area contributed by atoms with Crippen LogP contribution in [-0.4, -0.2) is 72.5 Å². The molecule has 3 aromatic rings. The van der Waals surface area contributed by atoms with Crippen LogP contribution in [0.15, 0.2) is 36.4 Å². The Morgan fingerprint density at radius 2 is 1.49 bits per heavy atom. The Hall–Kier alpha value is -4.35. The van der Waals surface area contributed by atoms with E-state index in [9.17, 15) is 9.59 Å². The second-order valence-electron chi connectivity index (χ2n) is 9.03. The average Bonchev–Trinajstić information content (AvgIpc) is 3.33. The molecule has 0 unspecified atom stereocenters. The van der Waals surface area contributed by atoms with Gasteiger partial charge in [0.05, 0.1) is 28.4 Å². The van der Waals surface area contributed by atoms with Gasteiger partial charge in [0.15, 0.2) is 23.0 Å². The van der Waals surface area contributed by atoms with Gasteiger partial charge in [-0.25, -0.2) is 0 Å². The van der Waals surface area contributed by atoms with E-state index in [1.807, 2.05) is 20.8 Å². The molecule has 0 bridgehead atoms. The molecule has 1 aromatic heterocycles. The molecule has 12 nitrogen and oxygen atoms in total. The van der Waals surface area contributed by atoms with Crippen LogP contribution in [0.5, 0.6) is 23.0 Å². The van der Waals surface area contributed by atoms with Gasteiger partial charge in [-0.15, -0.1) is 10.2 Å². The van der Waals surface area contributed by atoms with Crippen LogP contribution in [0, 0.1) is 0 Å². The predicted octanol–water partition coefficient (Wildman–Crippen LogP) is 2.32. The predicted molar refractivity (Wildman–Crippen MR) is 136 cm³/mol. The lowest BCUT2D eigenvalue weighted by molar-refractivity contribution is -0.125. The topological polar surface area (TPSA) is 130 Å². The summed E-state index contributed by atoms with van der Waals surface area (Å²) < 4.78 is 21.3. The molecule has 2 amide bonds. The number of benzene rings is 2. The lowest BCUT2D eigenvalue weighted by atomic mass is 10.1. The van der Waals surface area contributed by atoms with Gasteiger partial charge in [0, 0.05) is 22.9 Å². The van der Waals surface area contributed by atoms with Gasteiger partial charge < -0.3 is 29.2 Å². The van der Waals surface area contributed by atoms with Crippen molar-refractivity contribution in [1.82, 2.24) is 25.5 Å². The summed E-state index contributed by atoms with van der Waals surface area (Å²) in [5, 5.41) is 15.3. The van der Waals surface area contributed by atoms with Crippen molar-refractivity contribution in [2.24, 2.45) is 0 Å². The number of carbonyl (C=O) groups is 2. The van der Waals surface area contributed by atoms with Gasteiger partial charge in [-0.3, -0.25) is 9.59 Å². The van der Waals surface area contributed by atoms with Gasteiger partial charge in [0.25, 0.3) is 5.91 Å². The minimum Gasteiger partial charge on any atom is -0.493 e. The summed E-state index contributed by atoms with van der Waals surface area (Å²) in [5.41, 5.74) is 0.621. The molecule has 0 aliphatic carbocycles. The SMILES string of the molecule is COc1ccc(-c2nnn(CC(=O)N(CC(=O)NC(C)(C)C)c3ccc(OC)c(OC)c3)n2)cc1OC. The quantitative estimate of drug-likeness (QED) is 0.435. The van der Waals surface area contributed by atoms with Crippen molar-refractivity contribution < 1.29 is 28.5 Å². The molecule has 2 aromatic carbocycles. The number of methoxy groups -OCH3 is 4. The van der Waals surface area contributed by atoms with E-state index in [2.05, 4.69) is 20.7 Å². The Morgan fingerprint density at radius 3 is 2.08 bits per heavy atom. The van der Waals surface area contributed by atoms with E-state index < -0.39 is 11.4 Å². The van der Waals surface area contributed by atoms with Crippen molar-refractivity contribution in [2.45, 2.75) is 32.9 Å².